The van der Waals surface area contributed by atoms with Gasteiger partial charge in [0.25, 0.3) is 0 Å². The van der Waals surface area contributed by atoms with Gasteiger partial charge in [-0.15, -0.1) is 0 Å². The van der Waals surface area contributed by atoms with Crippen molar-refractivity contribution in [2.45, 2.75) is 32.4 Å². The van der Waals surface area contributed by atoms with Crippen LogP contribution in [0.1, 0.15) is 32.4 Å². The van der Waals surface area contributed by atoms with Gasteiger partial charge in [-0.25, -0.2) is 9.18 Å². The Kier molecular flexibility index (Phi) is 4.36. The van der Waals surface area contributed by atoms with Crippen LogP contribution in [0.3, 0.4) is 0 Å². The molecule has 2 saturated heterocycles. The van der Waals surface area contributed by atoms with Gasteiger partial charge >= 0.3 is 5.97 Å². The highest BCUT2D eigenvalue weighted by atomic mass is 19.1. The SMILES string of the molecule is CCOC(=O)[C@]1(C)[NH2+][C@@H](c2ccc(F)cc2)[C@H]2C(=O)N(CC)C(=O)[C@H]21. The van der Waals surface area contributed by atoms with Gasteiger partial charge in [0.05, 0.1) is 6.61 Å². The van der Waals surface area contributed by atoms with Crippen molar-refractivity contribution in [2.24, 2.45) is 11.8 Å². The average molecular weight is 349 g/mol. The lowest BCUT2D eigenvalue weighted by Crippen LogP contribution is -2.97. The lowest BCUT2D eigenvalue weighted by atomic mass is 9.80. The predicted octanol–water partition coefficient (Wildman–Crippen LogP) is 0.387. The number of imide groups is 1. The van der Waals surface area contributed by atoms with Crippen molar-refractivity contribution in [3.05, 3.63) is 35.6 Å². The maximum atomic E-state index is 13.3. The second-order valence-corrected chi connectivity index (χ2v) is 6.67. The molecule has 25 heavy (non-hydrogen) atoms. The van der Waals surface area contributed by atoms with Gasteiger partial charge in [-0.3, -0.25) is 14.5 Å². The number of amides is 2. The van der Waals surface area contributed by atoms with E-state index in [1.54, 1.807) is 38.2 Å². The molecule has 2 aliphatic heterocycles. The number of carbonyl (C=O) groups excluding carboxylic acids is 3. The smallest absolute Gasteiger partial charge is 0.368 e. The Morgan fingerprint density at radius 1 is 1.24 bits per heavy atom. The van der Waals surface area contributed by atoms with Gasteiger partial charge in [-0.05, 0) is 26.0 Å². The quantitative estimate of drug-likeness (QED) is 0.630. The number of nitrogens with zero attached hydrogens (tertiary/aromatic N) is 1. The number of ether oxygens (including phenoxy) is 1. The fourth-order valence-electron chi connectivity index (χ4n) is 4.11. The third-order valence-corrected chi connectivity index (χ3v) is 5.29. The van der Waals surface area contributed by atoms with Gasteiger partial charge < -0.3 is 10.1 Å². The first-order valence-corrected chi connectivity index (χ1v) is 8.49. The number of halogens is 1. The number of rotatable bonds is 4. The Balaban J connectivity index is 2.07. The lowest BCUT2D eigenvalue weighted by Gasteiger charge is -2.25. The van der Waals surface area contributed by atoms with Crippen LogP contribution in [0.15, 0.2) is 24.3 Å². The van der Waals surface area contributed by atoms with E-state index in [0.29, 0.717) is 5.56 Å². The lowest BCUT2D eigenvalue weighted by molar-refractivity contribution is -0.731. The van der Waals surface area contributed by atoms with E-state index in [1.807, 2.05) is 0 Å². The number of esters is 1. The van der Waals surface area contributed by atoms with Crippen LogP contribution in [0, 0.1) is 17.7 Å². The van der Waals surface area contributed by atoms with Crippen LogP contribution in [0.2, 0.25) is 0 Å². The van der Waals surface area contributed by atoms with E-state index in [9.17, 15) is 18.8 Å². The molecule has 0 bridgehead atoms. The van der Waals surface area contributed by atoms with Crippen LogP contribution in [-0.2, 0) is 19.1 Å². The molecule has 1 aromatic carbocycles. The van der Waals surface area contributed by atoms with Crippen molar-refractivity contribution < 1.29 is 28.8 Å². The fourth-order valence-corrected chi connectivity index (χ4v) is 4.11. The van der Waals surface area contributed by atoms with Crippen molar-refractivity contribution in [2.75, 3.05) is 13.2 Å². The number of quaternary nitrogens is 1. The van der Waals surface area contributed by atoms with Gasteiger partial charge in [-0.2, -0.15) is 0 Å². The van der Waals surface area contributed by atoms with E-state index in [2.05, 4.69) is 0 Å². The fraction of sp³-hybridized carbons (Fsp3) is 0.500. The number of benzene rings is 1. The molecular formula is C18H22FN2O4+. The van der Waals surface area contributed by atoms with E-state index in [0.717, 1.165) is 0 Å². The molecule has 2 amide bonds. The Labute approximate surface area is 145 Å². The number of hydrogen-bond donors (Lipinski definition) is 1. The van der Waals surface area contributed by atoms with Crippen molar-refractivity contribution in [3.63, 3.8) is 0 Å². The third-order valence-electron chi connectivity index (χ3n) is 5.29. The zero-order chi connectivity index (χ0) is 18.4. The molecule has 7 heteroatoms. The molecule has 1 aromatic rings. The summed E-state index contributed by atoms with van der Waals surface area (Å²) in [5.41, 5.74) is -0.473. The van der Waals surface area contributed by atoms with E-state index in [1.165, 1.54) is 17.0 Å². The minimum atomic E-state index is -1.18. The molecule has 2 heterocycles. The van der Waals surface area contributed by atoms with E-state index < -0.39 is 29.4 Å². The third kappa shape index (κ3) is 2.54. The Hall–Kier alpha value is -2.28. The molecule has 2 aliphatic rings. The summed E-state index contributed by atoms with van der Waals surface area (Å²) in [4.78, 5) is 39.4. The summed E-state index contributed by atoms with van der Waals surface area (Å²) in [6.45, 7) is 5.54. The minimum Gasteiger partial charge on any atom is -0.461 e. The topological polar surface area (TPSA) is 80.3 Å². The molecule has 0 radical (unpaired) electrons. The number of nitrogens with two attached hydrogens (primary N) is 1. The van der Waals surface area contributed by atoms with Crippen LogP contribution in [-0.4, -0.2) is 41.4 Å². The first-order valence-electron chi connectivity index (χ1n) is 8.49. The van der Waals surface area contributed by atoms with Gasteiger partial charge in [0.2, 0.25) is 17.4 Å². The van der Waals surface area contributed by atoms with Crippen LogP contribution >= 0.6 is 0 Å². The van der Waals surface area contributed by atoms with Crippen molar-refractivity contribution in [1.82, 2.24) is 4.90 Å². The first-order chi connectivity index (χ1) is 11.8. The van der Waals surface area contributed by atoms with Crippen LogP contribution in [0.5, 0.6) is 0 Å². The van der Waals surface area contributed by atoms with Crippen molar-refractivity contribution in [3.8, 4) is 0 Å². The monoisotopic (exact) mass is 349 g/mol. The average Bonchev–Trinajstić information content (AvgIpc) is 3.03. The Morgan fingerprint density at radius 2 is 1.88 bits per heavy atom. The molecule has 0 unspecified atom stereocenters. The normalized spacial score (nSPS) is 31.4. The Bertz CT molecular complexity index is 720. The number of hydrogen-bond acceptors (Lipinski definition) is 4. The number of carbonyl (C=O) groups is 3. The summed E-state index contributed by atoms with van der Waals surface area (Å²) >= 11 is 0. The molecule has 3 rings (SSSR count). The molecule has 0 aliphatic carbocycles. The molecule has 6 nitrogen and oxygen atoms in total. The van der Waals surface area contributed by atoms with Gasteiger partial charge in [0.1, 0.15) is 23.7 Å². The van der Waals surface area contributed by atoms with E-state index in [4.69, 9.17) is 4.74 Å². The largest absolute Gasteiger partial charge is 0.461 e. The molecule has 0 saturated carbocycles. The number of fused-ring (bicyclic) bond motifs is 1. The summed E-state index contributed by atoms with van der Waals surface area (Å²) in [5, 5.41) is 1.73. The first kappa shape index (κ1) is 17.5. The van der Waals surface area contributed by atoms with Gasteiger partial charge in [0.15, 0.2) is 0 Å². The van der Waals surface area contributed by atoms with Crippen LogP contribution in [0.4, 0.5) is 4.39 Å². The molecule has 0 spiro atoms. The zero-order valence-corrected chi connectivity index (χ0v) is 14.5. The van der Waals surface area contributed by atoms with Crippen molar-refractivity contribution in [1.29, 1.82) is 0 Å². The summed E-state index contributed by atoms with van der Waals surface area (Å²) in [7, 11) is 0. The second kappa shape index (κ2) is 6.22. The van der Waals surface area contributed by atoms with Crippen LogP contribution in [0.25, 0.3) is 0 Å². The second-order valence-electron chi connectivity index (χ2n) is 6.67. The van der Waals surface area contributed by atoms with E-state index >= 15 is 0 Å². The van der Waals surface area contributed by atoms with Crippen LogP contribution < -0.4 is 5.32 Å². The maximum Gasteiger partial charge on any atom is 0.368 e. The number of likely N-dealkylation sites (tertiary alicyclic amines) is 1. The van der Waals surface area contributed by atoms with Gasteiger partial charge in [-0.1, -0.05) is 12.1 Å². The molecule has 2 N–H and O–H groups in total. The highest BCUT2D eigenvalue weighted by molar-refractivity contribution is 6.08. The molecule has 0 aromatic heterocycles. The zero-order valence-electron chi connectivity index (χ0n) is 14.5. The standard InChI is InChI=1S/C18H21FN2O4/c1-4-21-15(22)12-13(16(21)23)18(3,17(24)25-5-2)20-14(12)10-6-8-11(19)9-7-10/h6-9,12-14,20H,4-5H2,1-3H3/p+1/t12-,13-,14-,18+/m0/s1. The molecular weight excluding hydrogens is 327 g/mol. The summed E-state index contributed by atoms with van der Waals surface area (Å²) < 4.78 is 18.4. The highest BCUT2D eigenvalue weighted by Crippen LogP contribution is 2.44. The highest BCUT2D eigenvalue weighted by Gasteiger charge is 2.70. The van der Waals surface area contributed by atoms with E-state index in [-0.39, 0.29) is 30.8 Å². The molecule has 2 fully saturated rings. The molecule has 4 atom stereocenters. The summed E-state index contributed by atoms with van der Waals surface area (Å²) in [6, 6.07) is 5.38. The molecule has 134 valence electrons. The van der Waals surface area contributed by atoms with Gasteiger partial charge in [0, 0.05) is 19.0 Å². The minimum absolute atomic E-state index is 0.195. The maximum absolute atomic E-state index is 13.3. The Morgan fingerprint density at radius 3 is 2.44 bits per heavy atom. The summed E-state index contributed by atoms with van der Waals surface area (Å²) in [5.74, 6) is -2.95. The predicted molar refractivity (Wildman–Crippen MR) is 85.5 cm³/mol. The summed E-state index contributed by atoms with van der Waals surface area (Å²) in [6.07, 6.45) is 0. The van der Waals surface area contributed by atoms with Crippen molar-refractivity contribution >= 4 is 17.8 Å².